The molecule has 0 saturated carbocycles. The molecule has 0 atom stereocenters. The molecule has 1 aromatic heterocycles. The Balaban J connectivity index is 0.00000300. The first-order valence-electron chi connectivity index (χ1n) is 9.96. The van der Waals surface area contributed by atoms with E-state index in [1.54, 1.807) is 12.1 Å². The SMILES string of the molecule is Cc1ccc(OCc2ccc(C(=O)N3CCC(OCCCN)CC3)o2)c(C)c1.Cl. The first-order valence-corrected chi connectivity index (χ1v) is 9.96. The van der Waals surface area contributed by atoms with E-state index in [9.17, 15) is 4.79 Å². The summed E-state index contributed by atoms with van der Waals surface area (Å²) in [7, 11) is 0. The van der Waals surface area contributed by atoms with Crippen LogP contribution in [0.2, 0.25) is 0 Å². The molecule has 1 amide bonds. The quantitative estimate of drug-likeness (QED) is 0.653. The van der Waals surface area contributed by atoms with Crippen LogP contribution in [0.15, 0.2) is 34.7 Å². The van der Waals surface area contributed by atoms with Crippen LogP contribution in [0.25, 0.3) is 0 Å². The van der Waals surface area contributed by atoms with Crippen molar-refractivity contribution in [1.29, 1.82) is 0 Å². The predicted octanol–water partition coefficient (Wildman–Crippen LogP) is 3.87. The van der Waals surface area contributed by atoms with E-state index in [0.29, 0.717) is 44.4 Å². The molecule has 1 aliphatic rings. The van der Waals surface area contributed by atoms with Crippen LogP contribution in [0, 0.1) is 13.8 Å². The lowest BCUT2D eigenvalue weighted by Gasteiger charge is -2.31. The molecule has 7 heteroatoms. The third-order valence-corrected chi connectivity index (χ3v) is 5.00. The molecule has 0 aliphatic carbocycles. The summed E-state index contributed by atoms with van der Waals surface area (Å²) in [5.74, 6) is 1.76. The van der Waals surface area contributed by atoms with Gasteiger partial charge >= 0.3 is 0 Å². The normalized spacial score (nSPS) is 14.5. The number of ether oxygens (including phenoxy) is 2. The van der Waals surface area contributed by atoms with Gasteiger partial charge in [0.15, 0.2) is 5.76 Å². The van der Waals surface area contributed by atoms with Gasteiger partial charge in [0.05, 0.1) is 6.10 Å². The molecule has 6 nitrogen and oxygen atoms in total. The predicted molar refractivity (Wildman–Crippen MR) is 115 cm³/mol. The van der Waals surface area contributed by atoms with Crippen molar-refractivity contribution in [2.75, 3.05) is 26.2 Å². The standard InChI is InChI=1S/C22H30N2O4.ClH/c1-16-4-6-20(17(2)14-16)27-15-19-5-7-21(28-19)22(25)24-11-8-18(9-12-24)26-13-3-10-23;/h4-7,14,18H,3,8-13,15,23H2,1-2H3;1H. The summed E-state index contributed by atoms with van der Waals surface area (Å²) in [4.78, 5) is 14.5. The fourth-order valence-corrected chi connectivity index (χ4v) is 3.40. The van der Waals surface area contributed by atoms with Crippen LogP contribution in [0.1, 0.15) is 46.7 Å². The number of benzene rings is 1. The number of halogens is 1. The largest absolute Gasteiger partial charge is 0.485 e. The van der Waals surface area contributed by atoms with E-state index in [2.05, 4.69) is 13.0 Å². The number of aryl methyl sites for hydroxylation is 2. The molecule has 0 unspecified atom stereocenters. The van der Waals surface area contributed by atoms with Gasteiger partial charge < -0.3 is 24.5 Å². The molecule has 2 N–H and O–H groups in total. The van der Waals surface area contributed by atoms with Crippen LogP contribution in [-0.2, 0) is 11.3 Å². The summed E-state index contributed by atoms with van der Waals surface area (Å²) in [6, 6.07) is 9.59. The van der Waals surface area contributed by atoms with Crippen molar-refractivity contribution in [2.45, 2.75) is 45.8 Å². The molecule has 3 rings (SSSR count). The van der Waals surface area contributed by atoms with Crippen molar-refractivity contribution in [3.8, 4) is 5.75 Å². The first kappa shape index (κ1) is 23.3. The Kier molecular flexibility index (Phi) is 9.01. The molecule has 2 heterocycles. The number of rotatable bonds is 8. The zero-order valence-corrected chi connectivity index (χ0v) is 18.0. The minimum absolute atomic E-state index is 0. The Hall–Kier alpha value is -2.02. The third kappa shape index (κ3) is 6.49. The summed E-state index contributed by atoms with van der Waals surface area (Å²) in [6.07, 6.45) is 2.78. The minimum atomic E-state index is -0.0711. The topological polar surface area (TPSA) is 77.9 Å². The Bertz CT molecular complexity index is 785. The highest BCUT2D eigenvalue weighted by Crippen LogP contribution is 2.22. The summed E-state index contributed by atoms with van der Waals surface area (Å²) in [5.41, 5.74) is 7.77. The third-order valence-electron chi connectivity index (χ3n) is 5.00. The summed E-state index contributed by atoms with van der Waals surface area (Å²) < 4.78 is 17.4. The van der Waals surface area contributed by atoms with Crippen LogP contribution in [-0.4, -0.2) is 43.2 Å². The van der Waals surface area contributed by atoms with Crippen molar-refractivity contribution < 1.29 is 18.7 Å². The highest BCUT2D eigenvalue weighted by atomic mass is 35.5. The van der Waals surface area contributed by atoms with Crippen molar-refractivity contribution in [1.82, 2.24) is 4.90 Å². The summed E-state index contributed by atoms with van der Waals surface area (Å²) >= 11 is 0. The highest BCUT2D eigenvalue weighted by Gasteiger charge is 2.25. The lowest BCUT2D eigenvalue weighted by atomic mass is 10.1. The van der Waals surface area contributed by atoms with Gasteiger partial charge in [-0.2, -0.15) is 0 Å². The zero-order valence-electron chi connectivity index (χ0n) is 17.2. The second-order valence-corrected chi connectivity index (χ2v) is 7.33. The van der Waals surface area contributed by atoms with Crippen LogP contribution in [0.3, 0.4) is 0 Å². The number of nitrogens with two attached hydrogens (primary N) is 1. The van der Waals surface area contributed by atoms with E-state index in [4.69, 9.17) is 19.6 Å². The van der Waals surface area contributed by atoms with E-state index in [1.165, 1.54) is 5.56 Å². The number of carbonyl (C=O) groups excluding carboxylic acids is 1. The van der Waals surface area contributed by atoms with Crippen LogP contribution < -0.4 is 10.5 Å². The number of nitrogens with zero attached hydrogens (tertiary/aromatic N) is 1. The van der Waals surface area contributed by atoms with Gasteiger partial charge in [-0.3, -0.25) is 4.79 Å². The minimum Gasteiger partial charge on any atom is -0.485 e. The molecular formula is C22H31ClN2O4. The second-order valence-electron chi connectivity index (χ2n) is 7.33. The van der Waals surface area contributed by atoms with Crippen LogP contribution in [0.4, 0.5) is 0 Å². The molecule has 0 bridgehead atoms. The molecule has 160 valence electrons. The van der Waals surface area contributed by atoms with Gasteiger partial charge in [0.1, 0.15) is 18.1 Å². The van der Waals surface area contributed by atoms with E-state index in [0.717, 1.165) is 30.6 Å². The molecule has 1 aliphatic heterocycles. The lowest BCUT2D eigenvalue weighted by molar-refractivity contribution is 0.00757. The molecule has 1 aromatic carbocycles. The molecule has 0 radical (unpaired) electrons. The lowest BCUT2D eigenvalue weighted by Crippen LogP contribution is -2.40. The second kappa shape index (κ2) is 11.2. The molecule has 1 saturated heterocycles. The number of carbonyl (C=O) groups is 1. The maximum absolute atomic E-state index is 12.7. The number of likely N-dealkylation sites (tertiary alicyclic amines) is 1. The maximum Gasteiger partial charge on any atom is 0.289 e. The molecular weight excluding hydrogens is 392 g/mol. The van der Waals surface area contributed by atoms with Gasteiger partial charge in [0.25, 0.3) is 5.91 Å². The Labute approximate surface area is 178 Å². The zero-order chi connectivity index (χ0) is 19.9. The van der Waals surface area contributed by atoms with E-state index in [-0.39, 0.29) is 24.4 Å². The van der Waals surface area contributed by atoms with Crippen molar-refractivity contribution in [2.24, 2.45) is 5.73 Å². The van der Waals surface area contributed by atoms with Gasteiger partial charge in [-0.15, -0.1) is 12.4 Å². The highest BCUT2D eigenvalue weighted by molar-refractivity contribution is 5.91. The molecule has 2 aromatic rings. The molecule has 1 fully saturated rings. The number of hydrogen-bond acceptors (Lipinski definition) is 5. The van der Waals surface area contributed by atoms with E-state index in [1.807, 2.05) is 24.0 Å². The fourth-order valence-electron chi connectivity index (χ4n) is 3.40. The molecule has 0 spiro atoms. The van der Waals surface area contributed by atoms with Crippen LogP contribution >= 0.6 is 12.4 Å². The fraction of sp³-hybridized carbons (Fsp3) is 0.500. The summed E-state index contributed by atoms with van der Waals surface area (Å²) in [5, 5.41) is 0. The first-order chi connectivity index (χ1) is 13.6. The Morgan fingerprint density at radius 1 is 1.21 bits per heavy atom. The number of amides is 1. The Morgan fingerprint density at radius 2 is 1.97 bits per heavy atom. The van der Waals surface area contributed by atoms with Gasteiger partial charge in [0, 0.05) is 19.7 Å². The van der Waals surface area contributed by atoms with Crippen LogP contribution in [0.5, 0.6) is 5.75 Å². The van der Waals surface area contributed by atoms with Gasteiger partial charge in [-0.05, 0) is 63.4 Å². The number of hydrogen-bond donors (Lipinski definition) is 1. The molecule has 29 heavy (non-hydrogen) atoms. The Morgan fingerprint density at radius 3 is 2.66 bits per heavy atom. The average molecular weight is 423 g/mol. The van der Waals surface area contributed by atoms with Crippen molar-refractivity contribution >= 4 is 18.3 Å². The van der Waals surface area contributed by atoms with Gasteiger partial charge in [-0.25, -0.2) is 0 Å². The smallest absolute Gasteiger partial charge is 0.289 e. The maximum atomic E-state index is 12.7. The number of furan rings is 1. The van der Waals surface area contributed by atoms with Crippen molar-refractivity contribution in [3.05, 3.63) is 53.0 Å². The number of piperidine rings is 1. The monoisotopic (exact) mass is 422 g/mol. The van der Waals surface area contributed by atoms with E-state index >= 15 is 0 Å². The van der Waals surface area contributed by atoms with Crippen molar-refractivity contribution in [3.63, 3.8) is 0 Å². The average Bonchev–Trinajstić information content (AvgIpc) is 3.16. The van der Waals surface area contributed by atoms with E-state index < -0.39 is 0 Å². The van der Waals surface area contributed by atoms with Gasteiger partial charge in [0.2, 0.25) is 0 Å². The summed E-state index contributed by atoms with van der Waals surface area (Å²) in [6.45, 7) is 7.07. The van der Waals surface area contributed by atoms with Gasteiger partial charge in [-0.1, -0.05) is 17.7 Å².